The Morgan fingerprint density at radius 2 is 2.04 bits per heavy atom. The Morgan fingerprint density at radius 3 is 2.83 bits per heavy atom. The van der Waals surface area contributed by atoms with Gasteiger partial charge in [0.05, 0.1) is 30.0 Å². The number of pyridine rings is 1. The molecular formula is C16H14FN3O3. The molecule has 6 nitrogen and oxygen atoms in total. The van der Waals surface area contributed by atoms with Gasteiger partial charge in [-0.3, -0.25) is 14.3 Å². The topological polar surface area (TPSA) is 77.2 Å². The molecule has 0 bridgehead atoms. The minimum Gasteiger partial charge on any atom is -0.491 e. The maximum absolute atomic E-state index is 12.8. The van der Waals surface area contributed by atoms with Crippen molar-refractivity contribution in [2.45, 2.75) is 12.6 Å². The predicted molar refractivity (Wildman–Crippen MR) is 81.7 cm³/mol. The summed E-state index contributed by atoms with van der Waals surface area (Å²) < 4.78 is 19.5. The average Bonchev–Trinajstić information content (AvgIpc) is 2.57. The van der Waals surface area contributed by atoms with Crippen molar-refractivity contribution >= 4 is 10.9 Å². The summed E-state index contributed by atoms with van der Waals surface area (Å²) in [5.41, 5.74) is 0.254. The van der Waals surface area contributed by atoms with E-state index in [-0.39, 0.29) is 24.5 Å². The van der Waals surface area contributed by atoms with Crippen LogP contribution in [0.2, 0.25) is 0 Å². The van der Waals surface area contributed by atoms with Crippen molar-refractivity contribution in [2.75, 3.05) is 6.61 Å². The van der Waals surface area contributed by atoms with E-state index in [1.807, 2.05) is 0 Å². The molecular weight excluding hydrogens is 301 g/mol. The van der Waals surface area contributed by atoms with Crippen LogP contribution >= 0.6 is 0 Å². The van der Waals surface area contributed by atoms with E-state index in [1.165, 1.54) is 47.6 Å². The number of nitrogens with zero attached hydrogens (tertiary/aromatic N) is 3. The van der Waals surface area contributed by atoms with E-state index in [1.54, 1.807) is 6.07 Å². The predicted octanol–water partition coefficient (Wildman–Crippen LogP) is 1.37. The van der Waals surface area contributed by atoms with Crippen LogP contribution in [0.25, 0.3) is 10.9 Å². The second kappa shape index (κ2) is 6.53. The molecule has 0 aliphatic carbocycles. The molecule has 3 aromatic rings. The Kier molecular flexibility index (Phi) is 4.29. The first kappa shape index (κ1) is 15.1. The highest BCUT2D eigenvalue weighted by Crippen LogP contribution is 2.11. The van der Waals surface area contributed by atoms with E-state index in [0.29, 0.717) is 16.7 Å². The Bertz CT molecular complexity index is 864. The molecule has 23 heavy (non-hydrogen) atoms. The third kappa shape index (κ3) is 3.51. The summed E-state index contributed by atoms with van der Waals surface area (Å²) in [4.78, 5) is 20.3. The van der Waals surface area contributed by atoms with Gasteiger partial charge in [-0.05, 0) is 30.3 Å². The van der Waals surface area contributed by atoms with Crippen molar-refractivity contribution in [1.82, 2.24) is 14.5 Å². The highest BCUT2D eigenvalue weighted by atomic mass is 19.1. The number of fused-ring (bicyclic) bond motifs is 1. The summed E-state index contributed by atoms with van der Waals surface area (Å²) in [7, 11) is 0. The number of halogens is 1. The zero-order chi connectivity index (χ0) is 16.2. The number of hydrogen-bond acceptors (Lipinski definition) is 5. The summed E-state index contributed by atoms with van der Waals surface area (Å²) in [6, 6.07) is 7.07. The van der Waals surface area contributed by atoms with Crippen LogP contribution in [0.4, 0.5) is 4.39 Å². The average molecular weight is 315 g/mol. The summed E-state index contributed by atoms with van der Waals surface area (Å²) in [5, 5.41) is 10.5. The van der Waals surface area contributed by atoms with Gasteiger partial charge >= 0.3 is 0 Å². The fraction of sp³-hybridized carbons (Fsp3) is 0.188. The Labute approximate surface area is 130 Å². The maximum Gasteiger partial charge on any atom is 0.261 e. The van der Waals surface area contributed by atoms with Gasteiger partial charge in [0.1, 0.15) is 24.3 Å². The number of hydrogen-bond donors (Lipinski definition) is 1. The zero-order valence-corrected chi connectivity index (χ0v) is 12.1. The van der Waals surface area contributed by atoms with Gasteiger partial charge in [0.25, 0.3) is 5.56 Å². The van der Waals surface area contributed by atoms with Crippen LogP contribution in [0.15, 0.2) is 53.8 Å². The summed E-state index contributed by atoms with van der Waals surface area (Å²) in [6.45, 7) is 0.0255. The monoisotopic (exact) mass is 315 g/mol. The van der Waals surface area contributed by atoms with E-state index in [4.69, 9.17) is 4.74 Å². The number of rotatable bonds is 5. The van der Waals surface area contributed by atoms with Crippen LogP contribution in [0.3, 0.4) is 0 Å². The van der Waals surface area contributed by atoms with Crippen molar-refractivity contribution in [3.05, 3.63) is 65.2 Å². The van der Waals surface area contributed by atoms with Crippen molar-refractivity contribution in [1.29, 1.82) is 0 Å². The molecule has 3 rings (SSSR count). The molecule has 0 unspecified atom stereocenters. The lowest BCUT2D eigenvalue weighted by Crippen LogP contribution is -2.30. The largest absolute Gasteiger partial charge is 0.491 e. The van der Waals surface area contributed by atoms with Gasteiger partial charge in [-0.15, -0.1) is 0 Å². The second-order valence-electron chi connectivity index (χ2n) is 5.01. The first-order chi connectivity index (χ1) is 11.1. The first-order valence-electron chi connectivity index (χ1n) is 6.99. The SMILES string of the molecule is O=c1c2ccncc2ncn1C[C@@H](O)COc1ccc(F)cc1. The Morgan fingerprint density at radius 1 is 1.26 bits per heavy atom. The quantitative estimate of drug-likeness (QED) is 0.769. The van der Waals surface area contributed by atoms with Gasteiger partial charge in [0, 0.05) is 6.20 Å². The molecule has 0 spiro atoms. The first-order valence-corrected chi connectivity index (χ1v) is 6.99. The van der Waals surface area contributed by atoms with Gasteiger partial charge in [-0.1, -0.05) is 0 Å². The minimum atomic E-state index is -0.904. The molecule has 118 valence electrons. The lowest BCUT2D eigenvalue weighted by atomic mass is 10.3. The van der Waals surface area contributed by atoms with Gasteiger partial charge in [-0.2, -0.15) is 0 Å². The van der Waals surface area contributed by atoms with Gasteiger partial charge in [0.2, 0.25) is 0 Å². The number of ether oxygens (including phenoxy) is 1. The Balaban J connectivity index is 1.68. The molecule has 1 atom stereocenters. The second-order valence-corrected chi connectivity index (χ2v) is 5.01. The highest BCUT2D eigenvalue weighted by Gasteiger charge is 2.10. The van der Waals surface area contributed by atoms with Crippen LogP contribution in [0.5, 0.6) is 5.75 Å². The van der Waals surface area contributed by atoms with Crippen molar-refractivity contribution in [3.63, 3.8) is 0 Å². The standard InChI is InChI=1S/C16H14FN3O3/c17-11-1-3-13(4-2-11)23-9-12(21)8-20-10-19-15-7-18-6-5-14(15)16(20)22/h1-7,10,12,21H,8-9H2/t12-/m1/s1. The lowest BCUT2D eigenvalue weighted by molar-refractivity contribution is 0.0914. The number of aromatic nitrogens is 3. The van der Waals surface area contributed by atoms with Gasteiger partial charge in [0.15, 0.2) is 0 Å². The lowest BCUT2D eigenvalue weighted by Gasteiger charge is -2.14. The van der Waals surface area contributed by atoms with Gasteiger partial charge in [-0.25, -0.2) is 9.37 Å². The molecule has 2 heterocycles. The normalized spacial score (nSPS) is 12.3. The Hall–Kier alpha value is -2.80. The third-order valence-electron chi connectivity index (χ3n) is 3.29. The molecule has 0 saturated heterocycles. The maximum atomic E-state index is 12.8. The number of aliphatic hydroxyl groups excluding tert-OH is 1. The van der Waals surface area contributed by atoms with Crippen LogP contribution < -0.4 is 10.3 Å². The van der Waals surface area contributed by atoms with E-state index in [9.17, 15) is 14.3 Å². The van der Waals surface area contributed by atoms with Crippen LogP contribution in [-0.4, -0.2) is 32.4 Å². The molecule has 2 aromatic heterocycles. The molecule has 0 aliphatic rings. The van der Waals surface area contributed by atoms with E-state index < -0.39 is 6.10 Å². The summed E-state index contributed by atoms with van der Waals surface area (Å²) in [5.74, 6) is 0.0849. The third-order valence-corrected chi connectivity index (χ3v) is 3.29. The smallest absolute Gasteiger partial charge is 0.261 e. The molecule has 0 saturated carbocycles. The van der Waals surface area contributed by atoms with Crippen LogP contribution in [-0.2, 0) is 6.54 Å². The zero-order valence-electron chi connectivity index (χ0n) is 12.1. The molecule has 1 aromatic carbocycles. The number of benzene rings is 1. The molecule has 0 fully saturated rings. The summed E-state index contributed by atoms with van der Waals surface area (Å²) in [6.07, 6.45) is 3.49. The minimum absolute atomic E-state index is 0.0214. The van der Waals surface area contributed by atoms with E-state index >= 15 is 0 Å². The summed E-state index contributed by atoms with van der Waals surface area (Å²) >= 11 is 0. The van der Waals surface area contributed by atoms with E-state index in [2.05, 4.69) is 9.97 Å². The van der Waals surface area contributed by atoms with Crippen molar-refractivity contribution < 1.29 is 14.2 Å². The van der Waals surface area contributed by atoms with Crippen LogP contribution in [0, 0.1) is 5.82 Å². The molecule has 7 heteroatoms. The highest BCUT2D eigenvalue weighted by molar-refractivity contribution is 5.75. The molecule has 1 N–H and O–H groups in total. The van der Waals surface area contributed by atoms with Crippen molar-refractivity contribution in [2.24, 2.45) is 0 Å². The molecule has 0 aliphatic heterocycles. The molecule has 0 amide bonds. The van der Waals surface area contributed by atoms with Crippen LogP contribution in [0.1, 0.15) is 0 Å². The number of aliphatic hydroxyl groups is 1. The fourth-order valence-corrected chi connectivity index (χ4v) is 2.14. The fourth-order valence-electron chi connectivity index (χ4n) is 2.14. The van der Waals surface area contributed by atoms with E-state index in [0.717, 1.165) is 0 Å². The van der Waals surface area contributed by atoms with Crippen molar-refractivity contribution in [3.8, 4) is 5.75 Å². The molecule has 0 radical (unpaired) electrons. The van der Waals surface area contributed by atoms with Gasteiger partial charge < -0.3 is 9.84 Å².